The van der Waals surface area contributed by atoms with Crippen LogP contribution in [0.2, 0.25) is 0 Å². The highest BCUT2D eigenvalue weighted by atomic mass is 16.5. The van der Waals surface area contributed by atoms with Crippen molar-refractivity contribution in [2.45, 2.75) is 38.8 Å². The van der Waals surface area contributed by atoms with Gasteiger partial charge in [0.15, 0.2) is 0 Å². The summed E-state index contributed by atoms with van der Waals surface area (Å²) in [5.74, 6) is 3.11. The predicted octanol–water partition coefficient (Wildman–Crippen LogP) is 3.61. The second-order valence-corrected chi connectivity index (χ2v) is 7.32. The summed E-state index contributed by atoms with van der Waals surface area (Å²) in [6.45, 7) is 3.44. The monoisotopic (exact) mass is 386 g/mol. The maximum Gasteiger partial charge on any atom is 0.220 e. The van der Waals surface area contributed by atoms with Gasteiger partial charge in [0.25, 0.3) is 0 Å². The molecule has 3 rings (SSSR count). The first-order valence-corrected chi connectivity index (χ1v) is 9.90. The van der Waals surface area contributed by atoms with Crippen LogP contribution in [0.1, 0.15) is 37.0 Å². The maximum atomic E-state index is 12.3. The maximum absolute atomic E-state index is 12.3. The minimum atomic E-state index is 0.0843. The molecule has 1 fully saturated rings. The highest BCUT2D eigenvalue weighted by molar-refractivity contribution is 5.75. The molecule has 6 nitrogen and oxygen atoms in total. The van der Waals surface area contributed by atoms with Crippen LogP contribution in [-0.2, 0) is 17.9 Å². The Kier molecular flexibility index (Phi) is 7.37. The second kappa shape index (κ2) is 10.2. The van der Waals surface area contributed by atoms with Crippen molar-refractivity contribution in [3.63, 3.8) is 0 Å². The van der Waals surface area contributed by atoms with Crippen LogP contribution in [-0.4, -0.2) is 38.1 Å². The first-order valence-electron chi connectivity index (χ1n) is 9.90. The Morgan fingerprint density at radius 3 is 2.93 bits per heavy atom. The van der Waals surface area contributed by atoms with E-state index < -0.39 is 0 Å². The van der Waals surface area contributed by atoms with Gasteiger partial charge in [-0.25, -0.2) is 0 Å². The molecule has 0 aliphatic carbocycles. The van der Waals surface area contributed by atoms with Gasteiger partial charge in [-0.1, -0.05) is 0 Å². The SMILES string of the molecule is COc1ccc(CNC(=O)CC[C@@H]2CCCN(Cc3ccco3)C2)c(OC)c1. The van der Waals surface area contributed by atoms with E-state index in [-0.39, 0.29) is 5.91 Å². The van der Waals surface area contributed by atoms with Gasteiger partial charge in [-0.15, -0.1) is 0 Å². The van der Waals surface area contributed by atoms with E-state index in [1.165, 1.54) is 12.8 Å². The molecule has 1 aliphatic heterocycles. The van der Waals surface area contributed by atoms with E-state index in [0.29, 0.717) is 18.9 Å². The summed E-state index contributed by atoms with van der Waals surface area (Å²) in [5.41, 5.74) is 0.943. The molecule has 0 spiro atoms. The van der Waals surface area contributed by atoms with E-state index in [2.05, 4.69) is 10.2 Å². The number of amides is 1. The zero-order chi connectivity index (χ0) is 19.8. The molecule has 6 heteroatoms. The van der Waals surface area contributed by atoms with Crippen molar-refractivity contribution in [2.75, 3.05) is 27.3 Å². The van der Waals surface area contributed by atoms with Crippen molar-refractivity contribution < 1.29 is 18.7 Å². The number of carbonyl (C=O) groups excluding carboxylic acids is 1. The third-order valence-corrected chi connectivity index (χ3v) is 5.31. The number of furan rings is 1. The molecule has 0 radical (unpaired) electrons. The molecule has 1 saturated heterocycles. The van der Waals surface area contributed by atoms with Gasteiger partial charge >= 0.3 is 0 Å². The Hall–Kier alpha value is -2.47. The summed E-state index contributed by atoms with van der Waals surface area (Å²) >= 11 is 0. The van der Waals surface area contributed by atoms with Crippen molar-refractivity contribution in [3.8, 4) is 11.5 Å². The topological polar surface area (TPSA) is 63.9 Å². The van der Waals surface area contributed by atoms with Crippen LogP contribution in [0.4, 0.5) is 0 Å². The zero-order valence-corrected chi connectivity index (χ0v) is 16.8. The first kappa shape index (κ1) is 20.3. The van der Waals surface area contributed by atoms with Gasteiger partial charge < -0.3 is 19.2 Å². The number of piperidine rings is 1. The van der Waals surface area contributed by atoms with Crippen molar-refractivity contribution in [3.05, 3.63) is 47.9 Å². The number of nitrogens with one attached hydrogen (secondary N) is 1. The van der Waals surface area contributed by atoms with Gasteiger partial charge in [0.1, 0.15) is 17.3 Å². The van der Waals surface area contributed by atoms with Crippen molar-refractivity contribution >= 4 is 5.91 Å². The summed E-state index contributed by atoms with van der Waals surface area (Å²) in [5, 5.41) is 3.01. The lowest BCUT2D eigenvalue weighted by Crippen LogP contribution is -2.35. The molecular weight excluding hydrogens is 356 g/mol. The van der Waals surface area contributed by atoms with Gasteiger partial charge in [0, 0.05) is 31.1 Å². The average molecular weight is 386 g/mol. The minimum Gasteiger partial charge on any atom is -0.497 e. The summed E-state index contributed by atoms with van der Waals surface area (Å²) in [7, 11) is 3.24. The van der Waals surface area contributed by atoms with Crippen LogP contribution in [0.25, 0.3) is 0 Å². The second-order valence-electron chi connectivity index (χ2n) is 7.32. The minimum absolute atomic E-state index is 0.0843. The molecule has 2 aromatic rings. The molecule has 1 aromatic carbocycles. The number of ether oxygens (including phenoxy) is 2. The molecule has 0 bridgehead atoms. The quantitative estimate of drug-likeness (QED) is 0.713. The molecule has 1 atom stereocenters. The molecule has 1 N–H and O–H groups in total. The van der Waals surface area contributed by atoms with Gasteiger partial charge in [-0.2, -0.15) is 0 Å². The number of nitrogens with zero attached hydrogens (tertiary/aromatic N) is 1. The number of benzene rings is 1. The fraction of sp³-hybridized carbons (Fsp3) is 0.500. The fourth-order valence-electron chi connectivity index (χ4n) is 3.77. The van der Waals surface area contributed by atoms with E-state index in [4.69, 9.17) is 13.9 Å². The number of likely N-dealkylation sites (tertiary alicyclic amines) is 1. The average Bonchev–Trinajstić information content (AvgIpc) is 3.23. The molecule has 0 saturated carbocycles. The molecule has 2 heterocycles. The highest BCUT2D eigenvalue weighted by Gasteiger charge is 2.21. The van der Waals surface area contributed by atoms with Crippen LogP contribution in [0, 0.1) is 5.92 Å². The zero-order valence-electron chi connectivity index (χ0n) is 16.8. The number of hydrogen-bond donors (Lipinski definition) is 1. The van der Waals surface area contributed by atoms with Crippen LogP contribution in [0.15, 0.2) is 41.0 Å². The largest absolute Gasteiger partial charge is 0.497 e. The molecule has 0 unspecified atom stereocenters. The normalized spacial score (nSPS) is 17.3. The van der Waals surface area contributed by atoms with Gasteiger partial charge in [-0.05, 0) is 56.0 Å². The van der Waals surface area contributed by atoms with E-state index in [1.807, 2.05) is 30.3 Å². The van der Waals surface area contributed by atoms with Crippen molar-refractivity contribution in [1.82, 2.24) is 10.2 Å². The molecule has 152 valence electrons. The van der Waals surface area contributed by atoms with Gasteiger partial charge in [0.05, 0.1) is 27.0 Å². The Balaban J connectivity index is 1.41. The fourth-order valence-corrected chi connectivity index (χ4v) is 3.77. The smallest absolute Gasteiger partial charge is 0.220 e. The molecule has 1 aliphatic rings. The van der Waals surface area contributed by atoms with Crippen LogP contribution in [0.3, 0.4) is 0 Å². The Morgan fingerprint density at radius 2 is 2.18 bits per heavy atom. The lowest BCUT2D eigenvalue weighted by Gasteiger charge is -2.32. The van der Waals surface area contributed by atoms with Crippen molar-refractivity contribution in [2.24, 2.45) is 5.92 Å². The third kappa shape index (κ3) is 5.76. The van der Waals surface area contributed by atoms with E-state index in [1.54, 1.807) is 20.5 Å². The summed E-state index contributed by atoms with van der Waals surface area (Å²) in [6.07, 6.45) is 5.56. The first-order chi connectivity index (χ1) is 13.7. The number of rotatable bonds is 9. The number of carbonyl (C=O) groups is 1. The standard InChI is InChI=1S/C22H30N2O4/c1-26-19-9-8-18(21(13-19)27-2)14-23-22(25)10-7-17-5-3-11-24(15-17)16-20-6-4-12-28-20/h4,6,8-9,12-13,17H,3,5,7,10-11,14-16H2,1-2H3,(H,23,25)/t17-/m0/s1. The number of methoxy groups -OCH3 is 2. The highest BCUT2D eigenvalue weighted by Crippen LogP contribution is 2.25. The Morgan fingerprint density at radius 1 is 1.29 bits per heavy atom. The Bertz CT molecular complexity index is 745. The molecule has 1 aromatic heterocycles. The van der Waals surface area contributed by atoms with Gasteiger partial charge in [0.2, 0.25) is 5.91 Å². The van der Waals surface area contributed by atoms with Crippen LogP contribution in [0.5, 0.6) is 11.5 Å². The lowest BCUT2D eigenvalue weighted by atomic mass is 9.93. The van der Waals surface area contributed by atoms with Gasteiger partial charge in [-0.3, -0.25) is 9.69 Å². The molecule has 1 amide bonds. The van der Waals surface area contributed by atoms with E-state index in [0.717, 1.165) is 48.9 Å². The summed E-state index contributed by atoms with van der Waals surface area (Å²) in [6, 6.07) is 9.58. The Labute approximate surface area is 166 Å². The van der Waals surface area contributed by atoms with E-state index >= 15 is 0 Å². The number of hydrogen-bond acceptors (Lipinski definition) is 5. The molecule has 28 heavy (non-hydrogen) atoms. The van der Waals surface area contributed by atoms with Crippen LogP contribution < -0.4 is 14.8 Å². The summed E-state index contributed by atoms with van der Waals surface area (Å²) in [4.78, 5) is 14.7. The third-order valence-electron chi connectivity index (χ3n) is 5.31. The van der Waals surface area contributed by atoms with E-state index in [9.17, 15) is 4.79 Å². The van der Waals surface area contributed by atoms with Crippen molar-refractivity contribution in [1.29, 1.82) is 0 Å². The van der Waals surface area contributed by atoms with Crippen LogP contribution >= 0.6 is 0 Å². The molecular formula is C22H30N2O4. The lowest BCUT2D eigenvalue weighted by molar-refractivity contribution is -0.121. The predicted molar refractivity (Wildman–Crippen MR) is 107 cm³/mol. The summed E-state index contributed by atoms with van der Waals surface area (Å²) < 4.78 is 16.0.